The largest absolute Gasteiger partial charge is 0.272 e. The van der Waals surface area contributed by atoms with E-state index in [2.05, 4.69) is 12.6 Å². The molecule has 1 aliphatic heterocycles. The second-order valence-corrected chi connectivity index (χ2v) is 3.49. The minimum atomic E-state index is -0.282. The molecule has 0 fully saturated rings. The predicted octanol–water partition coefficient (Wildman–Crippen LogP) is 0.967. The van der Waals surface area contributed by atoms with Crippen molar-refractivity contribution < 1.29 is 9.59 Å². The molecule has 0 saturated heterocycles. The van der Waals surface area contributed by atoms with Gasteiger partial charge in [0.25, 0.3) is 11.8 Å². The Morgan fingerprint density at radius 1 is 1.25 bits per heavy atom. The van der Waals surface area contributed by atoms with Gasteiger partial charge in [0.15, 0.2) is 0 Å². The van der Waals surface area contributed by atoms with Crippen molar-refractivity contribution in [3.05, 3.63) is 10.5 Å². The summed E-state index contributed by atoms with van der Waals surface area (Å²) in [6.45, 7) is 5.22. The first-order valence-corrected chi connectivity index (χ1v) is 4.19. The molecule has 0 saturated carbocycles. The van der Waals surface area contributed by atoms with Crippen LogP contribution in [0.3, 0.4) is 0 Å². The molecule has 2 amide bonds. The van der Waals surface area contributed by atoms with E-state index in [1.165, 1.54) is 4.90 Å². The monoisotopic (exact) mass is 185 g/mol. The average Bonchev–Trinajstić information content (AvgIpc) is 2.16. The van der Waals surface area contributed by atoms with Gasteiger partial charge in [-0.25, -0.2) is 0 Å². The maximum atomic E-state index is 11.4. The molecule has 0 aromatic heterocycles. The minimum Gasteiger partial charge on any atom is -0.272 e. The third kappa shape index (κ3) is 1.16. The molecule has 1 aliphatic rings. The fourth-order valence-electron chi connectivity index (χ4n) is 1.12. The highest BCUT2D eigenvalue weighted by atomic mass is 32.1. The Labute approximate surface area is 76.8 Å². The Hall–Kier alpha value is -0.770. The number of carbonyl (C=O) groups is 2. The summed E-state index contributed by atoms with van der Waals surface area (Å²) in [5.41, 5.74) is 0.442. The maximum absolute atomic E-state index is 11.4. The number of hydrogen-bond donors (Lipinski definition) is 1. The van der Waals surface area contributed by atoms with Crippen molar-refractivity contribution in [3.63, 3.8) is 0 Å². The summed E-state index contributed by atoms with van der Waals surface area (Å²) in [6, 6.07) is -0.0930. The van der Waals surface area contributed by atoms with Crippen LogP contribution in [0, 0.1) is 0 Å². The average molecular weight is 185 g/mol. The zero-order valence-corrected chi connectivity index (χ0v) is 8.18. The van der Waals surface area contributed by atoms with Gasteiger partial charge in [0.2, 0.25) is 0 Å². The van der Waals surface area contributed by atoms with Crippen LogP contribution < -0.4 is 0 Å². The quantitative estimate of drug-likeness (QED) is 0.488. The molecule has 0 spiro atoms. The first-order valence-electron chi connectivity index (χ1n) is 3.74. The van der Waals surface area contributed by atoms with Crippen LogP contribution in [0.2, 0.25) is 0 Å². The van der Waals surface area contributed by atoms with E-state index in [-0.39, 0.29) is 22.8 Å². The normalized spacial score (nSPS) is 18.6. The highest BCUT2D eigenvalue weighted by Crippen LogP contribution is 2.24. The van der Waals surface area contributed by atoms with Crippen molar-refractivity contribution in [1.29, 1.82) is 0 Å². The topological polar surface area (TPSA) is 37.4 Å². The molecule has 0 N–H and O–H groups in total. The summed E-state index contributed by atoms with van der Waals surface area (Å²) >= 11 is 3.96. The number of carbonyl (C=O) groups excluding carboxylic acids is 2. The smallest absolute Gasteiger partial charge is 0.267 e. The third-order valence-electron chi connectivity index (χ3n) is 1.83. The summed E-state index contributed by atoms with van der Waals surface area (Å²) in [4.78, 5) is 24.2. The summed E-state index contributed by atoms with van der Waals surface area (Å²) in [5.74, 6) is -0.504. The van der Waals surface area contributed by atoms with Crippen molar-refractivity contribution in [2.24, 2.45) is 0 Å². The van der Waals surface area contributed by atoms with Gasteiger partial charge < -0.3 is 0 Å². The number of rotatable bonds is 1. The predicted molar refractivity (Wildman–Crippen MR) is 48.7 cm³/mol. The van der Waals surface area contributed by atoms with Crippen LogP contribution in [-0.2, 0) is 9.59 Å². The van der Waals surface area contributed by atoms with Crippen LogP contribution in [0.15, 0.2) is 10.5 Å². The number of amides is 2. The van der Waals surface area contributed by atoms with Crippen LogP contribution in [0.5, 0.6) is 0 Å². The summed E-state index contributed by atoms with van der Waals surface area (Å²) in [5, 5.41) is 0. The molecule has 66 valence electrons. The molecule has 12 heavy (non-hydrogen) atoms. The highest BCUT2D eigenvalue weighted by Gasteiger charge is 2.35. The Bertz CT molecular complexity index is 257. The van der Waals surface area contributed by atoms with Crippen molar-refractivity contribution in [2.75, 3.05) is 0 Å². The van der Waals surface area contributed by atoms with Crippen molar-refractivity contribution >= 4 is 24.4 Å². The lowest BCUT2D eigenvalue weighted by Crippen LogP contribution is -2.37. The van der Waals surface area contributed by atoms with Gasteiger partial charge in [-0.2, -0.15) is 0 Å². The van der Waals surface area contributed by atoms with Crippen LogP contribution in [0.1, 0.15) is 20.8 Å². The van der Waals surface area contributed by atoms with E-state index in [9.17, 15) is 9.59 Å². The van der Waals surface area contributed by atoms with E-state index in [1.54, 1.807) is 20.8 Å². The third-order valence-corrected chi connectivity index (χ3v) is 2.36. The van der Waals surface area contributed by atoms with Gasteiger partial charge >= 0.3 is 0 Å². The Morgan fingerprint density at radius 2 is 1.75 bits per heavy atom. The van der Waals surface area contributed by atoms with Gasteiger partial charge in [0.1, 0.15) is 0 Å². The van der Waals surface area contributed by atoms with E-state index in [4.69, 9.17) is 0 Å². The zero-order valence-electron chi connectivity index (χ0n) is 7.29. The molecule has 0 unspecified atom stereocenters. The van der Waals surface area contributed by atoms with E-state index in [0.717, 1.165) is 0 Å². The van der Waals surface area contributed by atoms with E-state index in [1.807, 2.05) is 0 Å². The Balaban J connectivity index is 3.04. The van der Waals surface area contributed by atoms with Crippen molar-refractivity contribution in [1.82, 2.24) is 4.90 Å². The molecule has 1 heterocycles. The number of imide groups is 1. The maximum Gasteiger partial charge on any atom is 0.267 e. The summed E-state index contributed by atoms with van der Waals surface area (Å²) in [6.07, 6.45) is 0. The SMILES string of the molecule is CC1=C(S)C(=O)N(C(C)C)C1=O. The van der Waals surface area contributed by atoms with Crippen LogP contribution in [-0.4, -0.2) is 22.8 Å². The van der Waals surface area contributed by atoms with Gasteiger partial charge in [-0.3, -0.25) is 14.5 Å². The van der Waals surface area contributed by atoms with Crippen LogP contribution >= 0.6 is 12.6 Å². The van der Waals surface area contributed by atoms with Gasteiger partial charge in [0, 0.05) is 11.6 Å². The molecule has 0 bridgehead atoms. The van der Waals surface area contributed by atoms with Crippen molar-refractivity contribution in [3.8, 4) is 0 Å². The minimum absolute atomic E-state index is 0.0930. The van der Waals surface area contributed by atoms with Crippen LogP contribution in [0.25, 0.3) is 0 Å². The molecular formula is C8H11NO2S. The van der Waals surface area contributed by atoms with E-state index >= 15 is 0 Å². The summed E-state index contributed by atoms with van der Waals surface area (Å²) < 4.78 is 0. The lowest BCUT2D eigenvalue weighted by atomic mass is 10.3. The first-order chi connectivity index (χ1) is 5.46. The molecule has 0 aromatic rings. The molecule has 0 aliphatic carbocycles. The fraction of sp³-hybridized carbons (Fsp3) is 0.500. The molecule has 4 heteroatoms. The fourth-order valence-corrected chi connectivity index (χ4v) is 1.32. The van der Waals surface area contributed by atoms with Gasteiger partial charge in [0.05, 0.1) is 4.91 Å². The molecule has 3 nitrogen and oxygen atoms in total. The highest BCUT2D eigenvalue weighted by molar-refractivity contribution is 7.85. The zero-order chi connectivity index (χ0) is 9.46. The molecule has 0 atom stereocenters. The number of nitrogens with zero attached hydrogens (tertiary/aromatic N) is 1. The van der Waals surface area contributed by atoms with Gasteiger partial charge in [-0.15, -0.1) is 12.6 Å². The Morgan fingerprint density at radius 3 is 1.92 bits per heavy atom. The Kier molecular flexibility index (Phi) is 2.28. The molecule has 0 radical (unpaired) electrons. The first kappa shape index (κ1) is 9.32. The number of thiol groups is 1. The van der Waals surface area contributed by atoms with Crippen LogP contribution in [0.4, 0.5) is 0 Å². The van der Waals surface area contributed by atoms with Gasteiger partial charge in [-0.05, 0) is 20.8 Å². The molecule has 1 rings (SSSR count). The molecule has 0 aromatic carbocycles. The lowest BCUT2D eigenvalue weighted by molar-refractivity contribution is -0.139. The van der Waals surface area contributed by atoms with E-state index in [0.29, 0.717) is 5.57 Å². The van der Waals surface area contributed by atoms with E-state index < -0.39 is 0 Å². The standard InChI is InChI=1S/C8H11NO2S/c1-4(2)9-7(10)5(3)6(12)8(9)11/h4,12H,1-3H3. The van der Waals surface area contributed by atoms with Crippen molar-refractivity contribution in [2.45, 2.75) is 26.8 Å². The number of hydrogen-bond acceptors (Lipinski definition) is 3. The molecular weight excluding hydrogens is 174 g/mol. The summed E-state index contributed by atoms with van der Waals surface area (Å²) in [7, 11) is 0. The lowest BCUT2D eigenvalue weighted by Gasteiger charge is -2.18. The second kappa shape index (κ2) is 2.94. The van der Waals surface area contributed by atoms with Gasteiger partial charge in [-0.1, -0.05) is 0 Å². The second-order valence-electron chi connectivity index (χ2n) is 3.05.